The molecule has 1 aliphatic rings. The maximum Gasteiger partial charge on any atom is 0.0843 e. The van der Waals surface area contributed by atoms with Crippen molar-refractivity contribution in [3.63, 3.8) is 0 Å². The number of halogens is 1. The summed E-state index contributed by atoms with van der Waals surface area (Å²) in [7, 11) is 2.03. The van der Waals surface area contributed by atoms with Gasteiger partial charge in [0.25, 0.3) is 0 Å². The van der Waals surface area contributed by atoms with E-state index >= 15 is 0 Å². The van der Waals surface area contributed by atoms with Crippen LogP contribution in [-0.2, 0) is 13.6 Å². The summed E-state index contributed by atoms with van der Waals surface area (Å²) in [6.45, 7) is 2.12. The summed E-state index contributed by atoms with van der Waals surface area (Å²) in [4.78, 5) is 2.57. The molecule has 3 nitrogen and oxygen atoms in total. The Morgan fingerprint density at radius 2 is 2.15 bits per heavy atom. The number of para-hydroxylation sites is 1. The summed E-state index contributed by atoms with van der Waals surface area (Å²) in [5, 5.41) is 6.00. The van der Waals surface area contributed by atoms with Crippen molar-refractivity contribution in [1.29, 1.82) is 0 Å². The Morgan fingerprint density at radius 3 is 3.00 bits per heavy atom. The van der Waals surface area contributed by atoms with Gasteiger partial charge < -0.3 is 0 Å². The zero-order chi connectivity index (χ0) is 13.9. The molecule has 2 heterocycles. The number of likely N-dealkylation sites (tertiary alicyclic amines) is 1. The third-order valence-corrected chi connectivity index (χ3v) is 4.60. The fourth-order valence-corrected chi connectivity index (χ4v) is 3.57. The van der Waals surface area contributed by atoms with Gasteiger partial charge in [-0.15, -0.1) is 11.6 Å². The van der Waals surface area contributed by atoms with Crippen LogP contribution >= 0.6 is 11.6 Å². The van der Waals surface area contributed by atoms with Gasteiger partial charge in [-0.25, -0.2) is 0 Å². The van der Waals surface area contributed by atoms with Gasteiger partial charge >= 0.3 is 0 Å². The van der Waals surface area contributed by atoms with E-state index in [1.165, 1.54) is 42.4 Å². The fraction of sp³-hybridized carbons (Fsp3) is 0.562. The normalized spacial score (nSPS) is 20.6. The van der Waals surface area contributed by atoms with Gasteiger partial charge in [-0.2, -0.15) is 5.10 Å². The van der Waals surface area contributed by atoms with E-state index < -0.39 is 0 Å². The molecule has 0 N–H and O–H groups in total. The van der Waals surface area contributed by atoms with Crippen molar-refractivity contribution in [3.05, 3.63) is 30.0 Å². The van der Waals surface area contributed by atoms with E-state index in [2.05, 4.69) is 29.2 Å². The van der Waals surface area contributed by atoms with Crippen molar-refractivity contribution in [2.24, 2.45) is 7.05 Å². The number of aromatic nitrogens is 2. The molecule has 108 valence electrons. The summed E-state index contributed by atoms with van der Waals surface area (Å²) in [5.41, 5.74) is 2.41. The molecule has 3 rings (SSSR count). The lowest BCUT2D eigenvalue weighted by molar-refractivity contribution is 0.135. The van der Waals surface area contributed by atoms with Crippen molar-refractivity contribution in [2.75, 3.05) is 12.4 Å². The first-order valence-corrected chi connectivity index (χ1v) is 8.03. The van der Waals surface area contributed by atoms with Crippen LogP contribution in [0.4, 0.5) is 0 Å². The number of alkyl halides is 1. The summed E-state index contributed by atoms with van der Waals surface area (Å²) in [6, 6.07) is 9.11. The van der Waals surface area contributed by atoms with Crippen molar-refractivity contribution < 1.29 is 0 Å². The van der Waals surface area contributed by atoms with Gasteiger partial charge in [0.05, 0.1) is 11.2 Å². The zero-order valence-corrected chi connectivity index (χ0v) is 12.8. The van der Waals surface area contributed by atoms with Crippen LogP contribution in [0.1, 0.15) is 31.4 Å². The second kappa shape index (κ2) is 6.15. The minimum atomic E-state index is 0.627. The summed E-state index contributed by atoms with van der Waals surface area (Å²) in [6.07, 6.45) is 4.99. The van der Waals surface area contributed by atoms with Crippen LogP contribution in [0.15, 0.2) is 24.3 Å². The molecule has 1 aromatic carbocycles. The van der Waals surface area contributed by atoms with Crippen molar-refractivity contribution in [1.82, 2.24) is 14.7 Å². The molecule has 1 unspecified atom stereocenters. The maximum absolute atomic E-state index is 5.96. The number of nitrogens with zero attached hydrogens (tertiary/aromatic N) is 3. The molecule has 0 radical (unpaired) electrons. The van der Waals surface area contributed by atoms with E-state index in [-0.39, 0.29) is 0 Å². The van der Waals surface area contributed by atoms with E-state index in [1.807, 2.05) is 11.7 Å². The van der Waals surface area contributed by atoms with E-state index in [9.17, 15) is 0 Å². The molecule has 0 aliphatic carbocycles. The minimum absolute atomic E-state index is 0.627. The first-order chi connectivity index (χ1) is 9.79. The highest BCUT2D eigenvalue weighted by Gasteiger charge is 2.23. The Bertz CT molecular complexity index is 576. The molecule has 1 atom stereocenters. The van der Waals surface area contributed by atoms with Crippen LogP contribution in [0.3, 0.4) is 0 Å². The van der Waals surface area contributed by atoms with E-state index in [0.29, 0.717) is 6.04 Å². The van der Waals surface area contributed by atoms with Gasteiger partial charge in [0, 0.05) is 30.9 Å². The second-order valence-corrected chi connectivity index (χ2v) is 6.06. The molecule has 0 amide bonds. The van der Waals surface area contributed by atoms with Crippen LogP contribution in [0.2, 0.25) is 0 Å². The molecular weight excluding hydrogens is 270 g/mol. The third-order valence-electron chi connectivity index (χ3n) is 4.38. The first kappa shape index (κ1) is 13.9. The smallest absolute Gasteiger partial charge is 0.0843 e. The number of piperidine rings is 1. The number of hydrogen-bond donors (Lipinski definition) is 0. The lowest BCUT2D eigenvalue weighted by Gasteiger charge is -2.35. The number of rotatable bonds is 4. The molecule has 1 aliphatic heterocycles. The van der Waals surface area contributed by atoms with Crippen LogP contribution in [0, 0.1) is 0 Å². The average Bonchev–Trinajstić information content (AvgIpc) is 2.79. The van der Waals surface area contributed by atoms with Crippen LogP contribution in [0.5, 0.6) is 0 Å². The molecule has 0 spiro atoms. The van der Waals surface area contributed by atoms with E-state index in [1.54, 1.807) is 0 Å². The largest absolute Gasteiger partial charge is 0.294 e. The van der Waals surface area contributed by atoms with E-state index in [0.717, 1.165) is 18.8 Å². The van der Waals surface area contributed by atoms with Gasteiger partial charge in [0.15, 0.2) is 0 Å². The first-order valence-electron chi connectivity index (χ1n) is 7.50. The molecule has 0 saturated carbocycles. The second-order valence-electron chi connectivity index (χ2n) is 5.69. The quantitative estimate of drug-likeness (QED) is 0.803. The highest BCUT2D eigenvalue weighted by atomic mass is 35.5. The molecule has 1 saturated heterocycles. The standard InChI is InChI=1S/C16H22ClN3/c1-19-16-8-3-2-7-14(16)15(18-19)12-20-11-5-4-6-13(20)9-10-17/h2-3,7-8,13H,4-6,9-12H2,1H3. The highest BCUT2D eigenvalue weighted by Crippen LogP contribution is 2.25. The molecule has 1 fully saturated rings. The summed E-state index contributed by atoms with van der Waals surface area (Å²) in [5.74, 6) is 0.754. The van der Waals surface area contributed by atoms with Crippen molar-refractivity contribution in [2.45, 2.75) is 38.3 Å². The van der Waals surface area contributed by atoms with Crippen molar-refractivity contribution in [3.8, 4) is 0 Å². The fourth-order valence-electron chi connectivity index (χ4n) is 3.32. The minimum Gasteiger partial charge on any atom is -0.294 e. The average molecular weight is 292 g/mol. The lowest BCUT2D eigenvalue weighted by atomic mass is 9.99. The Kier molecular flexibility index (Phi) is 4.27. The molecular formula is C16H22ClN3. The van der Waals surface area contributed by atoms with Crippen molar-refractivity contribution >= 4 is 22.5 Å². The Balaban J connectivity index is 1.84. The van der Waals surface area contributed by atoms with Crippen LogP contribution in [0.25, 0.3) is 10.9 Å². The third kappa shape index (κ3) is 2.70. The molecule has 4 heteroatoms. The van der Waals surface area contributed by atoms with Gasteiger partial charge in [-0.1, -0.05) is 24.6 Å². The summed E-state index contributed by atoms with van der Waals surface area (Å²) < 4.78 is 1.99. The number of benzene rings is 1. The predicted molar refractivity (Wildman–Crippen MR) is 84.1 cm³/mol. The zero-order valence-electron chi connectivity index (χ0n) is 12.1. The number of fused-ring (bicyclic) bond motifs is 1. The monoisotopic (exact) mass is 291 g/mol. The maximum atomic E-state index is 5.96. The molecule has 2 aromatic rings. The molecule has 0 bridgehead atoms. The summed E-state index contributed by atoms with van der Waals surface area (Å²) >= 11 is 5.96. The Morgan fingerprint density at radius 1 is 1.30 bits per heavy atom. The highest BCUT2D eigenvalue weighted by molar-refractivity contribution is 6.17. The molecule has 1 aromatic heterocycles. The van der Waals surface area contributed by atoms with Crippen LogP contribution in [-0.4, -0.2) is 33.1 Å². The van der Waals surface area contributed by atoms with Gasteiger partial charge in [0.1, 0.15) is 0 Å². The Labute approximate surface area is 125 Å². The Hall–Kier alpha value is -1.06. The van der Waals surface area contributed by atoms with Gasteiger partial charge in [-0.05, 0) is 31.9 Å². The van der Waals surface area contributed by atoms with Crippen LogP contribution < -0.4 is 0 Å². The number of hydrogen-bond acceptors (Lipinski definition) is 2. The van der Waals surface area contributed by atoms with E-state index in [4.69, 9.17) is 16.7 Å². The SMILES string of the molecule is Cn1nc(CN2CCCCC2CCCl)c2ccccc21. The lowest BCUT2D eigenvalue weighted by Crippen LogP contribution is -2.39. The van der Waals surface area contributed by atoms with Gasteiger partial charge in [-0.3, -0.25) is 9.58 Å². The van der Waals surface area contributed by atoms with Gasteiger partial charge in [0.2, 0.25) is 0 Å². The topological polar surface area (TPSA) is 21.1 Å². The number of aryl methyl sites for hydroxylation is 1. The molecule has 20 heavy (non-hydrogen) atoms. The predicted octanol–water partition coefficient (Wildman–Crippen LogP) is 3.56.